The van der Waals surface area contributed by atoms with Crippen molar-refractivity contribution in [3.8, 4) is 11.1 Å². The SMILES string of the molecule is Cc1c(F)cccc1-c1cc(Cl)c(Cl)c(Cl)c1. The van der Waals surface area contributed by atoms with Gasteiger partial charge in [0, 0.05) is 0 Å². The van der Waals surface area contributed by atoms with E-state index < -0.39 is 0 Å². The van der Waals surface area contributed by atoms with Gasteiger partial charge in [0.2, 0.25) is 0 Å². The van der Waals surface area contributed by atoms with Crippen LogP contribution < -0.4 is 0 Å². The summed E-state index contributed by atoms with van der Waals surface area (Å²) in [6, 6.07) is 8.23. The molecular weight excluding hydrogens is 282 g/mol. The maximum Gasteiger partial charge on any atom is 0.126 e. The van der Waals surface area contributed by atoms with Crippen LogP contribution in [0.3, 0.4) is 0 Å². The molecule has 0 N–H and O–H groups in total. The monoisotopic (exact) mass is 288 g/mol. The lowest BCUT2D eigenvalue weighted by molar-refractivity contribution is 0.619. The lowest BCUT2D eigenvalue weighted by Gasteiger charge is -2.09. The van der Waals surface area contributed by atoms with E-state index in [2.05, 4.69) is 0 Å². The van der Waals surface area contributed by atoms with Gasteiger partial charge in [-0.25, -0.2) is 4.39 Å². The van der Waals surface area contributed by atoms with Gasteiger partial charge in [0.15, 0.2) is 0 Å². The Kier molecular flexibility index (Phi) is 3.62. The van der Waals surface area contributed by atoms with Crippen LogP contribution in [0.1, 0.15) is 5.56 Å². The molecule has 0 fully saturated rings. The van der Waals surface area contributed by atoms with Crippen LogP contribution in [0.25, 0.3) is 11.1 Å². The van der Waals surface area contributed by atoms with Crippen molar-refractivity contribution < 1.29 is 4.39 Å². The summed E-state index contributed by atoms with van der Waals surface area (Å²) in [4.78, 5) is 0. The maximum absolute atomic E-state index is 13.5. The van der Waals surface area contributed by atoms with Gasteiger partial charge >= 0.3 is 0 Å². The van der Waals surface area contributed by atoms with Gasteiger partial charge in [-0.2, -0.15) is 0 Å². The Morgan fingerprint density at radius 2 is 1.59 bits per heavy atom. The molecule has 0 aliphatic carbocycles. The summed E-state index contributed by atoms with van der Waals surface area (Å²) in [6.45, 7) is 1.71. The molecule has 0 saturated heterocycles. The van der Waals surface area contributed by atoms with E-state index in [0.29, 0.717) is 20.6 Å². The Hall–Kier alpha value is -0.760. The van der Waals surface area contributed by atoms with Crippen molar-refractivity contribution in [3.05, 3.63) is 56.8 Å². The van der Waals surface area contributed by atoms with Crippen LogP contribution in [0.4, 0.5) is 4.39 Å². The second kappa shape index (κ2) is 4.85. The normalized spacial score (nSPS) is 10.6. The summed E-state index contributed by atoms with van der Waals surface area (Å²) in [7, 11) is 0. The molecule has 0 amide bonds. The molecule has 0 spiro atoms. The van der Waals surface area contributed by atoms with E-state index in [9.17, 15) is 4.39 Å². The van der Waals surface area contributed by atoms with Crippen molar-refractivity contribution in [2.75, 3.05) is 0 Å². The second-order valence-electron chi connectivity index (χ2n) is 3.67. The van der Waals surface area contributed by atoms with Crippen LogP contribution in [-0.4, -0.2) is 0 Å². The predicted octanol–water partition coefficient (Wildman–Crippen LogP) is 5.76. The second-order valence-corrected chi connectivity index (χ2v) is 4.86. The average molecular weight is 290 g/mol. The van der Waals surface area contributed by atoms with Crippen LogP contribution in [0.2, 0.25) is 15.1 Å². The molecule has 0 radical (unpaired) electrons. The quantitative estimate of drug-likeness (QED) is 0.585. The highest BCUT2D eigenvalue weighted by molar-refractivity contribution is 6.48. The first kappa shape index (κ1) is 12.7. The van der Waals surface area contributed by atoms with Crippen LogP contribution in [-0.2, 0) is 0 Å². The Labute approximate surface area is 114 Å². The average Bonchev–Trinajstić information content (AvgIpc) is 2.29. The van der Waals surface area contributed by atoms with E-state index >= 15 is 0 Å². The first-order chi connectivity index (χ1) is 8.00. The molecule has 0 aliphatic heterocycles. The lowest BCUT2D eigenvalue weighted by atomic mass is 10.0. The Morgan fingerprint density at radius 3 is 2.18 bits per heavy atom. The topological polar surface area (TPSA) is 0 Å². The van der Waals surface area contributed by atoms with Crippen LogP contribution in [0.15, 0.2) is 30.3 Å². The number of halogens is 4. The number of hydrogen-bond donors (Lipinski definition) is 0. The van der Waals surface area contributed by atoms with Crippen LogP contribution in [0, 0.1) is 12.7 Å². The van der Waals surface area contributed by atoms with E-state index in [1.807, 2.05) is 6.07 Å². The zero-order valence-electron chi connectivity index (χ0n) is 8.90. The van der Waals surface area contributed by atoms with Gasteiger partial charge in [0.1, 0.15) is 5.82 Å². The predicted molar refractivity (Wildman–Crippen MR) is 71.6 cm³/mol. The molecule has 17 heavy (non-hydrogen) atoms. The molecule has 0 atom stereocenters. The van der Waals surface area contributed by atoms with Crippen molar-refractivity contribution in [1.82, 2.24) is 0 Å². The van der Waals surface area contributed by atoms with Crippen LogP contribution >= 0.6 is 34.8 Å². The summed E-state index contributed by atoms with van der Waals surface area (Å²) >= 11 is 17.8. The summed E-state index contributed by atoms with van der Waals surface area (Å²) in [5.41, 5.74) is 2.06. The van der Waals surface area contributed by atoms with E-state index in [1.165, 1.54) is 6.07 Å². The Bertz CT molecular complexity index is 556. The molecule has 2 rings (SSSR count). The summed E-state index contributed by atoms with van der Waals surface area (Å²) < 4.78 is 13.5. The van der Waals surface area contributed by atoms with Crippen molar-refractivity contribution in [2.45, 2.75) is 6.92 Å². The first-order valence-electron chi connectivity index (χ1n) is 4.90. The molecule has 0 unspecified atom stereocenters. The van der Waals surface area contributed by atoms with Crippen molar-refractivity contribution in [2.24, 2.45) is 0 Å². The molecule has 88 valence electrons. The highest BCUT2D eigenvalue weighted by Gasteiger charge is 2.10. The molecule has 2 aromatic carbocycles. The molecule has 0 aromatic heterocycles. The Balaban J connectivity index is 2.65. The Morgan fingerprint density at radius 1 is 1.00 bits per heavy atom. The van der Waals surface area contributed by atoms with Crippen LogP contribution in [0.5, 0.6) is 0 Å². The van der Waals surface area contributed by atoms with E-state index in [0.717, 1.165) is 11.1 Å². The molecular formula is C13H8Cl3F. The van der Waals surface area contributed by atoms with Gasteiger partial charge in [-0.1, -0.05) is 46.9 Å². The smallest absolute Gasteiger partial charge is 0.126 e. The van der Waals surface area contributed by atoms with E-state index in [-0.39, 0.29) is 5.82 Å². The molecule has 0 heterocycles. The zero-order chi connectivity index (χ0) is 12.6. The van der Waals surface area contributed by atoms with Crippen molar-refractivity contribution >= 4 is 34.8 Å². The summed E-state index contributed by atoms with van der Waals surface area (Å²) in [6.07, 6.45) is 0. The zero-order valence-corrected chi connectivity index (χ0v) is 11.2. The third-order valence-corrected chi connectivity index (χ3v) is 3.76. The third kappa shape index (κ3) is 2.42. The first-order valence-corrected chi connectivity index (χ1v) is 6.04. The van der Waals surface area contributed by atoms with Crippen molar-refractivity contribution in [1.29, 1.82) is 0 Å². The van der Waals surface area contributed by atoms with Gasteiger partial charge in [-0.05, 0) is 41.8 Å². The standard InChI is InChI=1S/C13H8Cl3F/c1-7-9(3-2-4-12(7)17)8-5-10(14)13(16)11(15)6-8/h2-6H,1H3. The molecule has 0 aliphatic rings. The van der Waals surface area contributed by atoms with Gasteiger partial charge in [0.25, 0.3) is 0 Å². The summed E-state index contributed by atoms with van der Waals surface area (Å²) in [5.74, 6) is -0.260. The molecule has 0 nitrogen and oxygen atoms in total. The fraction of sp³-hybridized carbons (Fsp3) is 0.0769. The van der Waals surface area contributed by atoms with Gasteiger partial charge in [-0.3, -0.25) is 0 Å². The van der Waals surface area contributed by atoms with E-state index in [1.54, 1.807) is 25.1 Å². The van der Waals surface area contributed by atoms with E-state index in [4.69, 9.17) is 34.8 Å². The number of rotatable bonds is 1. The van der Waals surface area contributed by atoms with Gasteiger partial charge < -0.3 is 0 Å². The highest BCUT2D eigenvalue weighted by atomic mass is 35.5. The minimum Gasteiger partial charge on any atom is -0.207 e. The minimum absolute atomic E-state index is 0.260. The highest BCUT2D eigenvalue weighted by Crippen LogP contribution is 2.36. The molecule has 4 heteroatoms. The molecule has 0 bridgehead atoms. The number of benzene rings is 2. The lowest BCUT2D eigenvalue weighted by Crippen LogP contribution is -1.88. The fourth-order valence-corrected chi connectivity index (χ4v) is 2.23. The largest absolute Gasteiger partial charge is 0.207 e. The minimum atomic E-state index is -0.260. The number of hydrogen-bond acceptors (Lipinski definition) is 0. The summed E-state index contributed by atoms with van der Waals surface area (Å²) in [5, 5.41) is 1.03. The molecule has 0 saturated carbocycles. The van der Waals surface area contributed by atoms with Crippen molar-refractivity contribution in [3.63, 3.8) is 0 Å². The fourth-order valence-electron chi connectivity index (χ4n) is 1.63. The van der Waals surface area contributed by atoms with Gasteiger partial charge in [-0.15, -0.1) is 0 Å². The molecule has 2 aromatic rings. The maximum atomic E-state index is 13.5. The van der Waals surface area contributed by atoms with Gasteiger partial charge in [0.05, 0.1) is 15.1 Å². The third-order valence-electron chi connectivity index (χ3n) is 2.56.